The van der Waals surface area contributed by atoms with Crippen molar-refractivity contribution in [2.45, 2.75) is 71.8 Å². The summed E-state index contributed by atoms with van der Waals surface area (Å²) < 4.78 is 0. The quantitative estimate of drug-likeness (QED) is 0.733. The highest BCUT2D eigenvalue weighted by atomic mass is 14.9. The molecule has 0 saturated heterocycles. The van der Waals surface area contributed by atoms with Crippen LogP contribution in [-0.2, 0) is 6.42 Å². The minimum atomic E-state index is 0.634. The molecule has 1 atom stereocenters. The van der Waals surface area contributed by atoms with E-state index in [2.05, 4.69) is 50.4 Å². The lowest BCUT2D eigenvalue weighted by molar-refractivity contribution is 0.256. The Kier molecular flexibility index (Phi) is 6.76. The van der Waals surface area contributed by atoms with Gasteiger partial charge in [0.25, 0.3) is 0 Å². The second-order valence-corrected chi connectivity index (χ2v) is 7.13. The van der Waals surface area contributed by atoms with Gasteiger partial charge in [-0.15, -0.1) is 0 Å². The Labute approximate surface area is 131 Å². The summed E-state index contributed by atoms with van der Waals surface area (Å²) in [5, 5.41) is 3.77. The fourth-order valence-corrected chi connectivity index (χ4v) is 3.56. The molecule has 1 unspecified atom stereocenters. The van der Waals surface area contributed by atoms with E-state index in [0.29, 0.717) is 6.04 Å². The molecule has 0 aliphatic heterocycles. The van der Waals surface area contributed by atoms with Gasteiger partial charge in [0.2, 0.25) is 0 Å². The highest BCUT2D eigenvalue weighted by molar-refractivity contribution is 5.22. The molecule has 1 nitrogen and oxygen atoms in total. The third-order valence-corrected chi connectivity index (χ3v) is 5.25. The summed E-state index contributed by atoms with van der Waals surface area (Å²) in [6, 6.07) is 9.56. The van der Waals surface area contributed by atoms with Crippen LogP contribution in [0.3, 0.4) is 0 Å². The van der Waals surface area contributed by atoms with Gasteiger partial charge in [0.05, 0.1) is 0 Å². The van der Waals surface area contributed by atoms with Gasteiger partial charge in [-0.05, 0) is 63.5 Å². The van der Waals surface area contributed by atoms with Crippen LogP contribution in [0.5, 0.6) is 0 Å². The van der Waals surface area contributed by atoms with Crippen LogP contribution in [-0.4, -0.2) is 12.6 Å². The predicted octanol–water partition coefficient (Wildman–Crippen LogP) is 5.12. The Hall–Kier alpha value is -0.820. The molecule has 0 heterocycles. The molecule has 0 radical (unpaired) electrons. The van der Waals surface area contributed by atoms with E-state index >= 15 is 0 Å². The van der Waals surface area contributed by atoms with Gasteiger partial charge < -0.3 is 5.32 Å². The molecular weight excluding hydrogens is 254 g/mol. The average Bonchev–Trinajstić information content (AvgIpc) is 2.51. The molecule has 1 aromatic carbocycles. The van der Waals surface area contributed by atoms with Crippen molar-refractivity contribution >= 4 is 0 Å². The Morgan fingerprint density at radius 1 is 1.14 bits per heavy atom. The van der Waals surface area contributed by atoms with Crippen molar-refractivity contribution in [3.63, 3.8) is 0 Å². The fourth-order valence-electron chi connectivity index (χ4n) is 3.56. The fraction of sp³-hybridized carbons (Fsp3) is 0.700. The zero-order valence-electron chi connectivity index (χ0n) is 14.2. The van der Waals surface area contributed by atoms with Crippen molar-refractivity contribution in [3.05, 3.63) is 35.4 Å². The smallest absolute Gasteiger partial charge is 0.00420 e. The third-order valence-electron chi connectivity index (χ3n) is 5.25. The second-order valence-electron chi connectivity index (χ2n) is 7.13. The molecule has 0 aromatic heterocycles. The molecule has 2 rings (SSSR count). The van der Waals surface area contributed by atoms with Gasteiger partial charge in [-0.2, -0.15) is 0 Å². The van der Waals surface area contributed by atoms with Crippen LogP contribution < -0.4 is 5.32 Å². The van der Waals surface area contributed by atoms with E-state index in [1.54, 1.807) is 0 Å². The molecule has 118 valence electrons. The summed E-state index contributed by atoms with van der Waals surface area (Å²) in [6.07, 6.45) is 9.62. The van der Waals surface area contributed by atoms with Crippen molar-refractivity contribution in [1.82, 2.24) is 5.32 Å². The van der Waals surface area contributed by atoms with Crippen LogP contribution in [0.25, 0.3) is 0 Å². The lowest BCUT2D eigenvalue weighted by atomic mass is 9.81. The van der Waals surface area contributed by atoms with Crippen molar-refractivity contribution in [3.8, 4) is 0 Å². The third kappa shape index (κ3) is 5.82. The maximum Gasteiger partial charge on any atom is 0.00420 e. The first kappa shape index (κ1) is 16.5. The Morgan fingerprint density at radius 3 is 2.52 bits per heavy atom. The predicted molar refractivity (Wildman–Crippen MR) is 92.7 cm³/mol. The van der Waals surface area contributed by atoms with E-state index in [1.165, 1.54) is 62.6 Å². The zero-order chi connectivity index (χ0) is 15.1. The summed E-state index contributed by atoms with van der Waals surface area (Å²) in [6.45, 7) is 8.09. The largest absolute Gasteiger partial charge is 0.314 e. The molecule has 0 spiro atoms. The van der Waals surface area contributed by atoms with Crippen LogP contribution in [0.2, 0.25) is 0 Å². The maximum absolute atomic E-state index is 3.77. The molecule has 1 N–H and O–H groups in total. The van der Waals surface area contributed by atoms with E-state index in [1.807, 2.05) is 0 Å². The SMILES string of the molecule is CCC1CCC(CNC(C)CCc2cccc(C)c2)CC1. The normalized spacial score (nSPS) is 24.0. The molecule has 1 heteroatoms. The topological polar surface area (TPSA) is 12.0 Å². The molecule has 21 heavy (non-hydrogen) atoms. The summed E-state index contributed by atoms with van der Waals surface area (Å²) in [7, 11) is 0. The maximum atomic E-state index is 3.77. The molecule has 1 aliphatic carbocycles. The van der Waals surface area contributed by atoms with E-state index in [0.717, 1.165) is 11.8 Å². The number of nitrogens with one attached hydrogen (secondary N) is 1. The van der Waals surface area contributed by atoms with E-state index < -0.39 is 0 Å². The summed E-state index contributed by atoms with van der Waals surface area (Å²) >= 11 is 0. The molecule has 0 amide bonds. The average molecular weight is 287 g/mol. The number of benzene rings is 1. The first-order valence-electron chi connectivity index (χ1n) is 8.96. The molecule has 0 bridgehead atoms. The van der Waals surface area contributed by atoms with Crippen molar-refractivity contribution in [1.29, 1.82) is 0 Å². The number of hydrogen-bond donors (Lipinski definition) is 1. The Balaban J connectivity index is 1.62. The number of rotatable bonds is 7. The first-order valence-corrected chi connectivity index (χ1v) is 8.96. The van der Waals surface area contributed by atoms with Gasteiger partial charge in [-0.1, -0.05) is 56.0 Å². The summed E-state index contributed by atoms with van der Waals surface area (Å²) in [5.41, 5.74) is 2.85. The van der Waals surface area contributed by atoms with E-state index in [9.17, 15) is 0 Å². The van der Waals surface area contributed by atoms with Gasteiger partial charge in [0, 0.05) is 6.04 Å². The molecular formula is C20H33N. The number of aryl methyl sites for hydroxylation is 2. The summed E-state index contributed by atoms with van der Waals surface area (Å²) in [5.74, 6) is 1.94. The van der Waals surface area contributed by atoms with Crippen LogP contribution >= 0.6 is 0 Å². The van der Waals surface area contributed by atoms with Gasteiger partial charge in [-0.3, -0.25) is 0 Å². The van der Waals surface area contributed by atoms with Crippen LogP contribution in [0, 0.1) is 18.8 Å². The van der Waals surface area contributed by atoms with Gasteiger partial charge in [0.1, 0.15) is 0 Å². The van der Waals surface area contributed by atoms with Crippen molar-refractivity contribution in [2.24, 2.45) is 11.8 Å². The zero-order valence-corrected chi connectivity index (χ0v) is 14.2. The highest BCUT2D eigenvalue weighted by Crippen LogP contribution is 2.30. The highest BCUT2D eigenvalue weighted by Gasteiger charge is 2.19. The lowest BCUT2D eigenvalue weighted by Gasteiger charge is -2.29. The summed E-state index contributed by atoms with van der Waals surface area (Å²) in [4.78, 5) is 0. The molecule has 1 fully saturated rings. The monoisotopic (exact) mass is 287 g/mol. The van der Waals surface area contributed by atoms with Crippen molar-refractivity contribution < 1.29 is 0 Å². The van der Waals surface area contributed by atoms with Crippen LogP contribution in [0.15, 0.2) is 24.3 Å². The second kappa shape index (κ2) is 8.58. The lowest BCUT2D eigenvalue weighted by Crippen LogP contribution is -2.33. The van der Waals surface area contributed by atoms with Gasteiger partial charge in [-0.25, -0.2) is 0 Å². The van der Waals surface area contributed by atoms with Gasteiger partial charge >= 0.3 is 0 Å². The van der Waals surface area contributed by atoms with Crippen LogP contribution in [0.1, 0.15) is 63.5 Å². The van der Waals surface area contributed by atoms with E-state index in [4.69, 9.17) is 0 Å². The van der Waals surface area contributed by atoms with Crippen LogP contribution in [0.4, 0.5) is 0 Å². The molecule has 1 aliphatic rings. The standard InChI is InChI=1S/C20H33N/c1-4-18-10-12-20(13-11-18)15-21-17(3)8-9-19-7-5-6-16(2)14-19/h5-7,14,17-18,20-21H,4,8-13,15H2,1-3H3. The molecule has 1 saturated carbocycles. The minimum Gasteiger partial charge on any atom is -0.314 e. The minimum absolute atomic E-state index is 0.634. The van der Waals surface area contributed by atoms with Crippen molar-refractivity contribution in [2.75, 3.05) is 6.54 Å². The Bertz CT molecular complexity index is 404. The molecule has 1 aromatic rings. The Morgan fingerprint density at radius 2 is 1.86 bits per heavy atom. The van der Waals surface area contributed by atoms with Gasteiger partial charge in [0.15, 0.2) is 0 Å². The first-order chi connectivity index (χ1) is 10.2. The van der Waals surface area contributed by atoms with E-state index in [-0.39, 0.29) is 0 Å². The number of hydrogen-bond acceptors (Lipinski definition) is 1.